The third kappa shape index (κ3) is 6.28. The van der Waals surface area contributed by atoms with Crippen LogP contribution in [-0.4, -0.2) is 33.3 Å². The minimum absolute atomic E-state index is 0.00544. The van der Waals surface area contributed by atoms with Crippen molar-refractivity contribution in [3.05, 3.63) is 71.0 Å². The Labute approximate surface area is 227 Å². The molecule has 1 aromatic heterocycles. The van der Waals surface area contributed by atoms with Crippen molar-refractivity contribution in [2.24, 2.45) is 11.1 Å². The van der Waals surface area contributed by atoms with Gasteiger partial charge in [0.1, 0.15) is 6.04 Å². The topological polar surface area (TPSA) is 94.2 Å². The second-order valence-corrected chi connectivity index (χ2v) is 11.9. The smallest absolute Gasteiger partial charge is 0.240 e. The number of benzene rings is 2. The lowest BCUT2D eigenvalue weighted by Crippen LogP contribution is -2.43. The highest BCUT2D eigenvalue weighted by molar-refractivity contribution is 8.13. The largest absolute Gasteiger partial charge is 0.368 e. The third-order valence-electron chi connectivity index (χ3n) is 6.61. The molecule has 1 atom stereocenters. The Morgan fingerprint density at radius 3 is 2.32 bits per heavy atom. The Bertz CT molecular complexity index is 1320. The summed E-state index contributed by atoms with van der Waals surface area (Å²) in [6, 6.07) is 17.3. The van der Waals surface area contributed by atoms with Crippen LogP contribution >= 0.6 is 23.4 Å². The van der Waals surface area contributed by atoms with E-state index < -0.39 is 11.9 Å². The van der Waals surface area contributed by atoms with Crippen LogP contribution < -0.4 is 11.1 Å². The Kier molecular flexibility index (Phi) is 8.14. The van der Waals surface area contributed by atoms with Crippen LogP contribution in [0.25, 0.3) is 22.3 Å². The number of carbonyl (C=O) groups excluding carboxylic acids is 3. The molecule has 0 bridgehead atoms. The van der Waals surface area contributed by atoms with Gasteiger partial charge in [0.15, 0.2) is 5.12 Å². The molecule has 8 heteroatoms. The molecular formula is C29H32ClN3O3S. The maximum atomic E-state index is 13.3. The van der Waals surface area contributed by atoms with Crippen LogP contribution in [0.1, 0.15) is 38.6 Å². The highest BCUT2D eigenvalue weighted by atomic mass is 35.5. The maximum absolute atomic E-state index is 13.3. The van der Waals surface area contributed by atoms with Crippen LogP contribution in [0.15, 0.2) is 54.6 Å². The SMILES string of the molecule is CC(=O)NC(CCSC(=O)Cc1c(-c2ccc(Cl)cc2)c(-c2ccccc2)c2n1CC(C)(C)C2)C(N)=O. The fraction of sp³-hybridized carbons (Fsp3) is 0.345. The zero-order valence-corrected chi connectivity index (χ0v) is 22.9. The molecule has 194 valence electrons. The van der Waals surface area contributed by atoms with Gasteiger partial charge >= 0.3 is 0 Å². The number of halogens is 1. The summed E-state index contributed by atoms with van der Waals surface area (Å²) in [6.45, 7) is 6.67. The minimum Gasteiger partial charge on any atom is -0.368 e. The summed E-state index contributed by atoms with van der Waals surface area (Å²) in [4.78, 5) is 36.3. The number of rotatable bonds is 9. The molecule has 1 aliphatic heterocycles. The van der Waals surface area contributed by atoms with Gasteiger partial charge in [0.05, 0.1) is 6.42 Å². The molecule has 3 aromatic rings. The molecule has 1 aliphatic rings. The Morgan fingerprint density at radius 1 is 1.05 bits per heavy atom. The van der Waals surface area contributed by atoms with Crippen molar-refractivity contribution in [2.45, 2.75) is 52.6 Å². The third-order valence-corrected chi connectivity index (χ3v) is 7.77. The van der Waals surface area contributed by atoms with Gasteiger partial charge in [-0.15, -0.1) is 0 Å². The fourth-order valence-electron chi connectivity index (χ4n) is 5.07. The van der Waals surface area contributed by atoms with Crippen LogP contribution in [0.4, 0.5) is 0 Å². The fourth-order valence-corrected chi connectivity index (χ4v) is 6.02. The lowest BCUT2D eigenvalue weighted by atomic mass is 9.86. The van der Waals surface area contributed by atoms with E-state index in [1.54, 1.807) is 0 Å². The zero-order valence-electron chi connectivity index (χ0n) is 21.3. The predicted octanol–water partition coefficient (Wildman–Crippen LogP) is 5.24. The maximum Gasteiger partial charge on any atom is 0.240 e. The predicted molar refractivity (Wildman–Crippen MR) is 150 cm³/mol. The van der Waals surface area contributed by atoms with E-state index in [4.69, 9.17) is 17.3 Å². The van der Waals surface area contributed by atoms with Gasteiger partial charge in [-0.2, -0.15) is 0 Å². The summed E-state index contributed by atoms with van der Waals surface area (Å²) in [5.74, 6) is -0.548. The second kappa shape index (κ2) is 11.2. The quantitative estimate of drug-likeness (QED) is 0.390. The average Bonchev–Trinajstić information content (AvgIpc) is 3.29. The molecule has 3 N–H and O–H groups in total. The second-order valence-electron chi connectivity index (χ2n) is 10.3. The van der Waals surface area contributed by atoms with Gasteiger partial charge in [0.25, 0.3) is 0 Å². The summed E-state index contributed by atoms with van der Waals surface area (Å²) in [5, 5.41) is 3.22. The molecule has 6 nitrogen and oxygen atoms in total. The van der Waals surface area contributed by atoms with Crippen LogP contribution in [0, 0.1) is 5.41 Å². The van der Waals surface area contributed by atoms with Crippen LogP contribution in [0.2, 0.25) is 5.02 Å². The van der Waals surface area contributed by atoms with E-state index in [1.807, 2.05) is 42.5 Å². The van der Waals surface area contributed by atoms with Gasteiger partial charge in [-0.25, -0.2) is 0 Å². The highest BCUT2D eigenvalue weighted by Crippen LogP contribution is 2.47. The van der Waals surface area contributed by atoms with Crippen molar-refractivity contribution < 1.29 is 14.4 Å². The summed E-state index contributed by atoms with van der Waals surface area (Å²) in [6.07, 6.45) is 1.46. The summed E-state index contributed by atoms with van der Waals surface area (Å²) in [5.41, 5.74) is 12.1. The van der Waals surface area contributed by atoms with Crippen LogP contribution in [-0.2, 0) is 33.8 Å². The number of hydrogen-bond acceptors (Lipinski definition) is 4. The number of primary amides is 1. The molecule has 2 amide bonds. The molecule has 0 spiro atoms. The van der Waals surface area contributed by atoms with Crippen molar-refractivity contribution in [2.75, 3.05) is 5.75 Å². The molecule has 0 saturated heterocycles. The number of fused-ring (bicyclic) bond motifs is 1. The van der Waals surface area contributed by atoms with Gasteiger partial charge in [-0.05, 0) is 41.5 Å². The van der Waals surface area contributed by atoms with E-state index in [2.05, 4.69) is 35.9 Å². The summed E-state index contributed by atoms with van der Waals surface area (Å²) < 4.78 is 2.33. The lowest BCUT2D eigenvalue weighted by molar-refractivity contribution is -0.126. The first-order chi connectivity index (χ1) is 17.6. The number of nitrogens with one attached hydrogen (secondary N) is 1. The van der Waals surface area contributed by atoms with Gasteiger partial charge in [-0.1, -0.05) is 79.7 Å². The van der Waals surface area contributed by atoms with E-state index in [-0.39, 0.29) is 22.9 Å². The van der Waals surface area contributed by atoms with Gasteiger partial charge in [0.2, 0.25) is 11.8 Å². The van der Waals surface area contributed by atoms with Gasteiger partial charge in [-0.3, -0.25) is 14.4 Å². The number of nitrogens with two attached hydrogens (primary N) is 1. The summed E-state index contributed by atoms with van der Waals surface area (Å²) in [7, 11) is 0. The lowest BCUT2D eigenvalue weighted by Gasteiger charge is -2.19. The number of nitrogens with zero attached hydrogens (tertiary/aromatic N) is 1. The molecule has 0 fully saturated rings. The highest BCUT2D eigenvalue weighted by Gasteiger charge is 2.36. The zero-order chi connectivity index (χ0) is 26.7. The number of carbonyl (C=O) groups is 3. The van der Waals surface area contributed by atoms with E-state index in [1.165, 1.54) is 29.9 Å². The molecule has 0 radical (unpaired) electrons. The van der Waals surface area contributed by atoms with Crippen LogP contribution in [0.5, 0.6) is 0 Å². The van der Waals surface area contributed by atoms with Crippen molar-refractivity contribution >= 4 is 40.3 Å². The molecular weight excluding hydrogens is 506 g/mol. The number of hydrogen-bond donors (Lipinski definition) is 2. The molecule has 4 rings (SSSR count). The van der Waals surface area contributed by atoms with Crippen molar-refractivity contribution in [3.63, 3.8) is 0 Å². The first-order valence-electron chi connectivity index (χ1n) is 12.3. The number of thioether (sulfide) groups is 1. The molecule has 2 heterocycles. The summed E-state index contributed by atoms with van der Waals surface area (Å²) >= 11 is 7.38. The van der Waals surface area contributed by atoms with Crippen molar-refractivity contribution in [3.8, 4) is 22.3 Å². The number of amides is 2. The van der Waals surface area contributed by atoms with E-state index >= 15 is 0 Å². The standard InChI is InChI=1S/C29H32ClN3O3S/c1-18(34)32-22(28(31)36)13-14-37-25(35)15-23-26(20-9-11-21(30)12-10-20)27(19-7-5-4-6-8-19)24-16-29(2,3)17-33(23)24/h4-12,22H,13-17H2,1-3H3,(H2,31,36)(H,32,34). The molecule has 37 heavy (non-hydrogen) atoms. The minimum atomic E-state index is -0.787. The Balaban J connectivity index is 1.69. The van der Waals surface area contributed by atoms with Gasteiger partial charge < -0.3 is 15.6 Å². The normalized spacial score (nSPS) is 14.7. The first-order valence-corrected chi connectivity index (χ1v) is 13.7. The van der Waals surface area contributed by atoms with Crippen molar-refractivity contribution in [1.82, 2.24) is 9.88 Å². The molecule has 2 aromatic carbocycles. The molecule has 1 unspecified atom stereocenters. The molecule has 0 saturated carbocycles. The van der Waals surface area contributed by atoms with E-state index in [0.717, 1.165) is 35.3 Å². The van der Waals surface area contributed by atoms with Gasteiger partial charge in [0, 0.05) is 46.8 Å². The molecule has 0 aliphatic carbocycles. The Morgan fingerprint density at radius 2 is 1.70 bits per heavy atom. The van der Waals surface area contributed by atoms with E-state index in [9.17, 15) is 14.4 Å². The Hall–Kier alpha value is -3.03. The van der Waals surface area contributed by atoms with Crippen molar-refractivity contribution in [1.29, 1.82) is 0 Å². The van der Waals surface area contributed by atoms with Crippen LogP contribution in [0.3, 0.4) is 0 Å². The number of aromatic nitrogens is 1. The average molecular weight is 538 g/mol. The van der Waals surface area contributed by atoms with E-state index in [0.29, 0.717) is 17.2 Å². The monoisotopic (exact) mass is 537 g/mol. The first kappa shape index (κ1) is 27.0.